The number of nitrogens with one attached hydrogen (secondary N) is 1. The molecule has 0 aliphatic heterocycles. The van der Waals surface area contributed by atoms with Crippen molar-refractivity contribution in [3.63, 3.8) is 0 Å². The molecule has 0 unspecified atom stereocenters. The summed E-state index contributed by atoms with van der Waals surface area (Å²) >= 11 is 5.99. The largest absolute Gasteiger partial charge is 0.497 e. The maximum atomic E-state index is 5.99. The minimum Gasteiger partial charge on any atom is -0.497 e. The average molecular weight is 320 g/mol. The highest BCUT2D eigenvalue weighted by molar-refractivity contribution is 6.32. The highest BCUT2D eigenvalue weighted by atomic mass is 35.5. The zero-order valence-electron chi connectivity index (χ0n) is 12.3. The first kappa shape index (κ1) is 16.0. The summed E-state index contributed by atoms with van der Waals surface area (Å²) < 4.78 is 10.6. The summed E-state index contributed by atoms with van der Waals surface area (Å²) in [5.74, 6) is 1.75. The Morgan fingerprint density at radius 1 is 1.18 bits per heavy atom. The number of methoxy groups -OCH3 is 1. The molecule has 0 aliphatic rings. The van der Waals surface area contributed by atoms with Crippen LogP contribution in [0.1, 0.15) is 0 Å². The maximum Gasteiger partial charge on any atom is 0.193 e. The van der Waals surface area contributed by atoms with Gasteiger partial charge in [0.25, 0.3) is 0 Å². The van der Waals surface area contributed by atoms with Crippen molar-refractivity contribution in [2.45, 2.75) is 0 Å². The van der Waals surface area contributed by atoms with Crippen LogP contribution < -0.4 is 20.5 Å². The van der Waals surface area contributed by atoms with E-state index in [1.807, 2.05) is 42.5 Å². The number of halogens is 1. The van der Waals surface area contributed by atoms with Gasteiger partial charge in [-0.05, 0) is 36.4 Å². The zero-order valence-corrected chi connectivity index (χ0v) is 13.0. The van der Waals surface area contributed by atoms with Crippen molar-refractivity contribution in [3.8, 4) is 11.5 Å². The number of aliphatic imine (C=N–C) groups is 1. The first-order valence-corrected chi connectivity index (χ1v) is 7.15. The van der Waals surface area contributed by atoms with Crippen molar-refractivity contribution in [2.75, 3.05) is 25.6 Å². The van der Waals surface area contributed by atoms with Crippen LogP contribution in [0.15, 0.2) is 53.5 Å². The smallest absolute Gasteiger partial charge is 0.193 e. The molecule has 2 aromatic rings. The minimum atomic E-state index is 0.327. The number of guanidine groups is 1. The van der Waals surface area contributed by atoms with Crippen LogP contribution in [0.2, 0.25) is 5.02 Å². The van der Waals surface area contributed by atoms with Crippen molar-refractivity contribution >= 4 is 23.2 Å². The van der Waals surface area contributed by atoms with E-state index in [0.29, 0.717) is 29.9 Å². The zero-order chi connectivity index (χ0) is 15.8. The van der Waals surface area contributed by atoms with E-state index >= 15 is 0 Å². The lowest BCUT2D eigenvalue weighted by atomic mass is 10.3. The molecule has 6 heteroatoms. The van der Waals surface area contributed by atoms with Crippen molar-refractivity contribution < 1.29 is 9.47 Å². The molecule has 5 nitrogen and oxygen atoms in total. The molecular formula is C16H18ClN3O2. The molecule has 22 heavy (non-hydrogen) atoms. The Labute approximate surface area is 134 Å². The number of para-hydroxylation sites is 1. The van der Waals surface area contributed by atoms with Crippen LogP contribution in [-0.2, 0) is 0 Å². The fourth-order valence-corrected chi connectivity index (χ4v) is 1.94. The predicted molar refractivity (Wildman–Crippen MR) is 90.1 cm³/mol. The summed E-state index contributed by atoms with van der Waals surface area (Å²) in [6.07, 6.45) is 0. The number of nitrogens with two attached hydrogens (primary N) is 1. The SMILES string of the molecule is COc1ccc(NC(N)=NCCOc2ccccc2Cl)cc1. The Bertz CT molecular complexity index is 630. The lowest BCUT2D eigenvalue weighted by molar-refractivity contribution is 0.329. The van der Waals surface area contributed by atoms with Crippen LogP contribution in [0.25, 0.3) is 0 Å². The van der Waals surface area contributed by atoms with E-state index < -0.39 is 0 Å². The highest BCUT2D eigenvalue weighted by Gasteiger charge is 1.99. The summed E-state index contributed by atoms with van der Waals surface area (Å²) in [4.78, 5) is 4.19. The Morgan fingerprint density at radius 2 is 1.91 bits per heavy atom. The van der Waals surface area contributed by atoms with Gasteiger partial charge in [-0.3, -0.25) is 0 Å². The van der Waals surface area contributed by atoms with E-state index in [1.54, 1.807) is 13.2 Å². The molecule has 116 valence electrons. The average Bonchev–Trinajstić information content (AvgIpc) is 2.54. The number of anilines is 1. The normalized spacial score (nSPS) is 11.1. The van der Waals surface area contributed by atoms with Crippen molar-refractivity contribution in [2.24, 2.45) is 10.7 Å². The van der Waals surface area contributed by atoms with E-state index in [2.05, 4.69) is 10.3 Å². The van der Waals surface area contributed by atoms with Gasteiger partial charge in [0.15, 0.2) is 5.96 Å². The topological polar surface area (TPSA) is 68.9 Å². The second-order valence-corrected chi connectivity index (χ2v) is 4.81. The Morgan fingerprint density at radius 3 is 2.59 bits per heavy atom. The molecule has 2 aromatic carbocycles. The molecule has 0 spiro atoms. The summed E-state index contributed by atoms with van der Waals surface area (Å²) in [5.41, 5.74) is 6.65. The van der Waals surface area contributed by atoms with Gasteiger partial charge in [-0.15, -0.1) is 0 Å². The molecule has 0 fully saturated rings. The first-order valence-electron chi connectivity index (χ1n) is 6.77. The molecule has 0 amide bonds. The van der Waals surface area contributed by atoms with Gasteiger partial charge in [-0.25, -0.2) is 4.99 Å². The van der Waals surface area contributed by atoms with Crippen LogP contribution in [-0.4, -0.2) is 26.2 Å². The molecule has 2 rings (SSSR count). The Balaban J connectivity index is 1.78. The lowest BCUT2D eigenvalue weighted by Gasteiger charge is -2.08. The summed E-state index contributed by atoms with van der Waals surface area (Å²) in [7, 11) is 1.62. The standard InChI is InChI=1S/C16H18ClN3O2/c1-21-13-8-6-12(7-9-13)20-16(18)19-10-11-22-15-5-3-2-4-14(15)17/h2-9H,10-11H2,1H3,(H3,18,19,20). The fourth-order valence-electron chi connectivity index (χ4n) is 1.75. The van der Waals surface area contributed by atoms with Gasteiger partial charge in [0.05, 0.1) is 18.7 Å². The fraction of sp³-hybridized carbons (Fsp3) is 0.188. The lowest BCUT2D eigenvalue weighted by Crippen LogP contribution is -2.23. The third-order valence-electron chi connectivity index (χ3n) is 2.83. The second kappa shape index (κ2) is 8.14. The molecule has 0 saturated heterocycles. The van der Waals surface area contributed by atoms with Gasteiger partial charge in [0.1, 0.15) is 18.1 Å². The molecule has 0 aromatic heterocycles. The van der Waals surface area contributed by atoms with Gasteiger partial charge < -0.3 is 20.5 Å². The van der Waals surface area contributed by atoms with Gasteiger partial charge >= 0.3 is 0 Å². The van der Waals surface area contributed by atoms with Crippen molar-refractivity contribution in [1.82, 2.24) is 0 Å². The molecule has 0 saturated carbocycles. The van der Waals surface area contributed by atoms with Crippen LogP contribution in [0.5, 0.6) is 11.5 Å². The monoisotopic (exact) mass is 319 g/mol. The maximum absolute atomic E-state index is 5.99. The van der Waals surface area contributed by atoms with Crippen LogP contribution in [0.3, 0.4) is 0 Å². The van der Waals surface area contributed by atoms with Gasteiger partial charge in [-0.2, -0.15) is 0 Å². The first-order chi connectivity index (χ1) is 10.7. The molecular weight excluding hydrogens is 302 g/mol. The number of rotatable bonds is 6. The van der Waals surface area contributed by atoms with E-state index in [1.165, 1.54) is 0 Å². The summed E-state index contributed by atoms with van der Waals surface area (Å²) in [6.45, 7) is 0.828. The van der Waals surface area contributed by atoms with E-state index in [-0.39, 0.29) is 0 Å². The van der Waals surface area contributed by atoms with Crippen molar-refractivity contribution in [3.05, 3.63) is 53.6 Å². The van der Waals surface area contributed by atoms with Gasteiger partial charge in [-0.1, -0.05) is 23.7 Å². The molecule has 0 heterocycles. The molecule has 0 atom stereocenters. The number of hydrogen-bond donors (Lipinski definition) is 2. The predicted octanol–water partition coefficient (Wildman–Crippen LogP) is 3.15. The number of ether oxygens (including phenoxy) is 2. The number of nitrogens with zero attached hydrogens (tertiary/aromatic N) is 1. The van der Waals surface area contributed by atoms with E-state index in [4.69, 9.17) is 26.8 Å². The van der Waals surface area contributed by atoms with Gasteiger partial charge in [0, 0.05) is 5.69 Å². The van der Waals surface area contributed by atoms with E-state index in [0.717, 1.165) is 11.4 Å². The third kappa shape index (κ3) is 4.86. The highest BCUT2D eigenvalue weighted by Crippen LogP contribution is 2.22. The molecule has 3 N–H and O–H groups in total. The molecule has 0 aliphatic carbocycles. The Hall–Kier alpha value is -2.40. The van der Waals surface area contributed by atoms with Gasteiger partial charge in [0.2, 0.25) is 0 Å². The summed E-state index contributed by atoms with van der Waals surface area (Å²) in [5, 5.41) is 3.57. The number of hydrogen-bond acceptors (Lipinski definition) is 3. The molecule has 0 bridgehead atoms. The number of benzene rings is 2. The Kier molecular flexibility index (Phi) is 5.91. The quantitative estimate of drug-likeness (QED) is 0.487. The van der Waals surface area contributed by atoms with Crippen LogP contribution >= 0.6 is 11.6 Å². The second-order valence-electron chi connectivity index (χ2n) is 4.40. The van der Waals surface area contributed by atoms with Crippen LogP contribution in [0, 0.1) is 0 Å². The van der Waals surface area contributed by atoms with E-state index in [9.17, 15) is 0 Å². The minimum absolute atomic E-state index is 0.327. The summed E-state index contributed by atoms with van der Waals surface area (Å²) in [6, 6.07) is 14.7. The third-order valence-corrected chi connectivity index (χ3v) is 3.14. The van der Waals surface area contributed by atoms with Crippen molar-refractivity contribution in [1.29, 1.82) is 0 Å². The van der Waals surface area contributed by atoms with Crippen LogP contribution in [0.4, 0.5) is 5.69 Å². The molecule has 0 radical (unpaired) electrons.